The van der Waals surface area contributed by atoms with Gasteiger partial charge in [0.2, 0.25) is 10.0 Å². The van der Waals surface area contributed by atoms with Crippen molar-refractivity contribution in [3.8, 4) is 0 Å². The number of methoxy groups -OCH3 is 1. The summed E-state index contributed by atoms with van der Waals surface area (Å²) in [5.41, 5.74) is 8.83. The van der Waals surface area contributed by atoms with E-state index in [1.54, 1.807) is 38.6 Å². The number of aryl methyl sites for hydroxylation is 1. The number of nitrogens with two attached hydrogens (primary N) is 1. The minimum absolute atomic E-state index is 0.183. The van der Waals surface area contributed by atoms with Crippen molar-refractivity contribution in [2.75, 3.05) is 39.6 Å². The summed E-state index contributed by atoms with van der Waals surface area (Å²) in [5.74, 6) is 1.10. The molecule has 0 amide bonds. The smallest absolute Gasteiger partial charge is 0.245 e. The Kier molecular flexibility index (Phi) is 7.31. The third-order valence-corrected chi connectivity index (χ3v) is 7.82. The minimum Gasteiger partial charge on any atom is -0.382 e. The molecule has 1 unspecified atom stereocenters. The molecule has 0 bridgehead atoms. The van der Waals surface area contributed by atoms with Gasteiger partial charge in [-0.1, -0.05) is 18.2 Å². The SMILES string of the molecule is COC(C)c1nc2c(N)nc(C)cc2n1CCOCCN(C)S(=O)(=O)c1cccc2cccnc12. The lowest BCUT2D eigenvalue weighted by Crippen LogP contribution is -2.30. The van der Waals surface area contributed by atoms with Gasteiger partial charge in [0, 0.05) is 44.5 Å². The molecule has 0 saturated heterocycles. The van der Waals surface area contributed by atoms with Gasteiger partial charge in [-0.05, 0) is 32.0 Å². The van der Waals surface area contributed by atoms with Crippen LogP contribution in [-0.4, -0.2) is 66.2 Å². The molecule has 3 aromatic heterocycles. The average molecular weight is 499 g/mol. The Balaban J connectivity index is 1.42. The molecule has 11 heteroatoms. The second-order valence-electron chi connectivity index (χ2n) is 8.29. The standard InChI is InChI=1S/C24H30N6O4S/c1-16-15-19-22(23(25)27-16)28-24(17(2)33-4)30(19)12-14-34-13-11-29(3)35(31,32)20-9-5-7-18-8-6-10-26-21(18)20/h5-10,15,17H,11-14H2,1-4H3,(H2,25,27). The maximum Gasteiger partial charge on any atom is 0.245 e. The van der Waals surface area contributed by atoms with Crippen molar-refractivity contribution < 1.29 is 17.9 Å². The van der Waals surface area contributed by atoms with Gasteiger partial charge < -0.3 is 19.8 Å². The van der Waals surface area contributed by atoms with Crippen LogP contribution in [0.4, 0.5) is 5.82 Å². The van der Waals surface area contributed by atoms with Crippen LogP contribution >= 0.6 is 0 Å². The van der Waals surface area contributed by atoms with Gasteiger partial charge in [0.25, 0.3) is 0 Å². The number of fused-ring (bicyclic) bond motifs is 2. The van der Waals surface area contributed by atoms with Crippen molar-refractivity contribution in [3.63, 3.8) is 0 Å². The predicted molar refractivity (Wildman–Crippen MR) is 134 cm³/mol. The summed E-state index contributed by atoms with van der Waals surface area (Å²) in [6.07, 6.45) is 1.35. The zero-order valence-corrected chi connectivity index (χ0v) is 21.1. The Bertz CT molecular complexity index is 1450. The van der Waals surface area contributed by atoms with Crippen LogP contribution in [0.25, 0.3) is 21.9 Å². The van der Waals surface area contributed by atoms with Crippen molar-refractivity contribution in [2.45, 2.75) is 31.4 Å². The predicted octanol–water partition coefficient (Wildman–Crippen LogP) is 2.91. The van der Waals surface area contributed by atoms with Crippen LogP contribution in [0.1, 0.15) is 24.5 Å². The topological polar surface area (TPSA) is 125 Å². The average Bonchev–Trinajstić information content (AvgIpc) is 3.21. The molecule has 0 saturated carbocycles. The number of likely N-dealkylation sites (N-methyl/N-ethyl adjacent to an activating group) is 1. The van der Waals surface area contributed by atoms with Gasteiger partial charge in [-0.25, -0.2) is 18.4 Å². The van der Waals surface area contributed by atoms with Crippen LogP contribution in [0.15, 0.2) is 47.5 Å². The molecule has 0 aliphatic rings. The number of anilines is 1. The Morgan fingerprint density at radius 2 is 1.91 bits per heavy atom. The van der Waals surface area contributed by atoms with Gasteiger partial charge >= 0.3 is 0 Å². The number of sulfonamides is 1. The van der Waals surface area contributed by atoms with E-state index in [-0.39, 0.29) is 24.2 Å². The molecule has 1 aromatic carbocycles. The summed E-state index contributed by atoms with van der Waals surface area (Å²) in [6, 6.07) is 10.7. The van der Waals surface area contributed by atoms with E-state index in [0.29, 0.717) is 30.0 Å². The molecule has 35 heavy (non-hydrogen) atoms. The molecule has 0 aliphatic heterocycles. The number of hydrogen-bond donors (Lipinski definition) is 1. The molecular formula is C24H30N6O4S. The van der Waals surface area contributed by atoms with Crippen LogP contribution in [-0.2, 0) is 26.0 Å². The molecule has 0 spiro atoms. The first-order valence-electron chi connectivity index (χ1n) is 11.3. The van der Waals surface area contributed by atoms with Crippen LogP contribution in [0.5, 0.6) is 0 Å². The molecule has 10 nitrogen and oxygen atoms in total. The van der Waals surface area contributed by atoms with Gasteiger partial charge in [-0.15, -0.1) is 0 Å². The Hall–Kier alpha value is -3.12. The zero-order chi connectivity index (χ0) is 25.2. The highest BCUT2D eigenvalue weighted by Crippen LogP contribution is 2.26. The van der Waals surface area contributed by atoms with Gasteiger partial charge in [0.1, 0.15) is 22.3 Å². The van der Waals surface area contributed by atoms with E-state index in [0.717, 1.165) is 22.4 Å². The lowest BCUT2D eigenvalue weighted by atomic mass is 10.2. The molecule has 1 atom stereocenters. The number of pyridine rings is 2. The first-order chi connectivity index (χ1) is 16.7. The number of rotatable bonds is 10. The van der Waals surface area contributed by atoms with Crippen molar-refractivity contribution in [3.05, 3.63) is 54.1 Å². The van der Waals surface area contributed by atoms with Gasteiger partial charge in [0.15, 0.2) is 5.82 Å². The summed E-state index contributed by atoms with van der Waals surface area (Å²) in [4.78, 5) is 13.4. The molecule has 186 valence electrons. The maximum atomic E-state index is 13.1. The molecule has 0 aliphatic carbocycles. The quantitative estimate of drug-likeness (QED) is 0.331. The normalized spacial score (nSPS) is 13.2. The van der Waals surface area contributed by atoms with E-state index in [4.69, 9.17) is 15.2 Å². The Labute approximate surface area is 204 Å². The van der Waals surface area contributed by atoms with E-state index in [1.807, 2.05) is 36.6 Å². The van der Waals surface area contributed by atoms with E-state index in [9.17, 15) is 8.42 Å². The fraction of sp³-hybridized carbons (Fsp3) is 0.375. The molecule has 0 radical (unpaired) electrons. The summed E-state index contributed by atoms with van der Waals surface area (Å²) < 4.78 is 40.9. The molecule has 2 N–H and O–H groups in total. The minimum atomic E-state index is -3.72. The number of benzene rings is 1. The fourth-order valence-electron chi connectivity index (χ4n) is 3.97. The lowest BCUT2D eigenvalue weighted by Gasteiger charge is -2.18. The van der Waals surface area contributed by atoms with Crippen molar-refractivity contribution in [1.29, 1.82) is 0 Å². The van der Waals surface area contributed by atoms with E-state index in [2.05, 4.69) is 15.0 Å². The number of nitrogens with zero attached hydrogens (tertiary/aromatic N) is 5. The van der Waals surface area contributed by atoms with Crippen molar-refractivity contribution >= 4 is 37.8 Å². The number of hydrogen-bond acceptors (Lipinski definition) is 8. The van der Waals surface area contributed by atoms with Crippen molar-refractivity contribution in [2.24, 2.45) is 0 Å². The highest BCUT2D eigenvalue weighted by atomic mass is 32.2. The summed E-state index contributed by atoms with van der Waals surface area (Å²) in [5, 5.41) is 0.776. The molecular weight excluding hydrogens is 468 g/mol. The van der Waals surface area contributed by atoms with E-state index < -0.39 is 10.0 Å². The van der Waals surface area contributed by atoms with Gasteiger partial charge in [0.05, 0.1) is 24.2 Å². The molecule has 0 fully saturated rings. The number of imidazole rings is 1. The monoisotopic (exact) mass is 498 g/mol. The van der Waals surface area contributed by atoms with Crippen LogP contribution in [0, 0.1) is 6.92 Å². The number of nitrogen functional groups attached to an aromatic ring is 1. The second-order valence-corrected chi connectivity index (χ2v) is 10.3. The Morgan fingerprint density at radius 3 is 2.69 bits per heavy atom. The zero-order valence-electron chi connectivity index (χ0n) is 20.3. The highest BCUT2D eigenvalue weighted by molar-refractivity contribution is 7.89. The first kappa shape index (κ1) is 25.0. The molecule has 4 aromatic rings. The van der Waals surface area contributed by atoms with Crippen molar-refractivity contribution in [1.82, 2.24) is 23.8 Å². The summed E-state index contributed by atoms with van der Waals surface area (Å²) in [6.45, 7) is 5.10. The maximum absolute atomic E-state index is 13.1. The largest absolute Gasteiger partial charge is 0.382 e. The number of ether oxygens (including phenoxy) is 2. The van der Waals surface area contributed by atoms with E-state index in [1.165, 1.54) is 4.31 Å². The van der Waals surface area contributed by atoms with Crippen LogP contribution in [0.2, 0.25) is 0 Å². The molecule has 4 rings (SSSR count). The number of para-hydroxylation sites is 1. The fourth-order valence-corrected chi connectivity index (χ4v) is 5.28. The van der Waals surface area contributed by atoms with Crippen LogP contribution < -0.4 is 5.73 Å². The lowest BCUT2D eigenvalue weighted by molar-refractivity contribution is 0.0992. The van der Waals surface area contributed by atoms with Gasteiger partial charge in [-0.3, -0.25) is 4.98 Å². The second kappa shape index (κ2) is 10.2. The van der Waals surface area contributed by atoms with E-state index >= 15 is 0 Å². The highest BCUT2D eigenvalue weighted by Gasteiger charge is 2.24. The Morgan fingerprint density at radius 1 is 1.14 bits per heavy atom. The van der Waals surface area contributed by atoms with Crippen LogP contribution in [0.3, 0.4) is 0 Å². The first-order valence-corrected chi connectivity index (χ1v) is 12.7. The number of aromatic nitrogens is 4. The van der Waals surface area contributed by atoms with Gasteiger partial charge in [-0.2, -0.15) is 4.31 Å². The molecule has 3 heterocycles. The third-order valence-electron chi connectivity index (χ3n) is 5.93. The summed E-state index contributed by atoms with van der Waals surface area (Å²) >= 11 is 0. The summed E-state index contributed by atoms with van der Waals surface area (Å²) in [7, 11) is -0.551. The third kappa shape index (κ3) is 4.98.